The molecule has 0 saturated carbocycles. The maximum Gasteiger partial charge on any atom is 0.263 e. The molecular formula is C30H36F2N4O4S2. The van der Waals surface area contributed by atoms with E-state index in [1.165, 1.54) is 48.4 Å². The lowest BCUT2D eigenvalue weighted by Crippen LogP contribution is -2.49. The molecule has 1 heterocycles. The van der Waals surface area contributed by atoms with Crippen molar-refractivity contribution in [1.82, 2.24) is 15.6 Å². The number of hydrogen-bond acceptors (Lipinski definition) is 8. The van der Waals surface area contributed by atoms with Gasteiger partial charge < -0.3 is 20.8 Å². The average molecular weight is 619 g/mol. The first-order valence-corrected chi connectivity index (χ1v) is 15.2. The second kappa shape index (κ2) is 18.2. The number of halogens is 2. The molecule has 4 N–H and O–H groups in total. The highest BCUT2D eigenvalue weighted by Gasteiger charge is 2.26. The molecule has 0 radical (unpaired) electrons. The molecule has 8 nitrogen and oxygen atoms in total. The summed E-state index contributed by atoms with van der Waals surface area (Å²) in [5.41, 5.74) is 1.52. The Balaban J connectivity index is 0.00000113. The first kappa shape index (κ1) is 34.7. The minimum absolute atomic E-state index is 0.116. The molecule has 0 aliphatic carbocycles. The van der Waals surface area contributed by atoms with E-state index in [0.717, 1.165) is 23.3 Å². The molecule has 3 aromatic rings. The van der Waals surface area contributed by atoms with Gasteiger partial charge in [-0.25, -0.2) is 13.8 Å². The van der Waals surface area contributed by atoms with Crippen LogP contribution in [0.1, 0.15) is 41.9 Å². The van der Waals surface area contributed by atoms with E-state index >= 15 is 0 Å². The highest BCUT2D eigenvalue weighted by atomic mass is 32.2. The van der Waals surface area contributed by atoms with E-state index in [-0.39, 0.29) is 24.3 Å². The summed E-state index contributed by atoms with van der Waals surface area (Å²) in [6.07, 6.45) is 4.91. The van der Waals surface area contributed by atoms with E-state index in [4.69, 9.17) is 5.11 Å². The Kier molecular flexibility index (Phi) is 15.0. The number of benzene rings is 2. The SMILES string of the molecule is C=CN=C(SC)C(O)C(CCc1ccc(F)cc1)NC(=O)CNC(=O)c1cnc(-c2ccc(F)cc2)s1.CCC(C)O. The molecule has 226 valence electrons. The maximum absolute atomic E-state index is 13.2. The molecule has 2 amide bonds. The molecule has 0 fully saturated rings. The molecular weight excluding hydrogens is 582 g/mol. The summed E-state index contributed by atoms with van der Waals surface area (Å²) >= 11 is 2.35. The van der Waals surface area contributed by atoms with Crippen LogP contribution in [0.15, 0.2) is 72.5 Å². The van der Waals surface area contributed by atoms with Crippen LogP contribution < -0.4 is 10.6 Å². The number of rotatable bonds is 12. The summed E-state index contributed by atoms with van der Waals surface area (Å²) in [5.74, 6) is -1.70. The largest absolute Gasteiger partial charge is 0.393 e. The number of thioether (sulfide) groups is 1. The van der Waals surface area contributed by atoms with Crippen molar-refractivity contribution in [2.24, 2.45) is 4.99 Å². The summed E-state index contributed by atoms with van der Waals surface area (Å²) in [5, 5.41) is 25.5. The maximum atomic E-state index is 13.2. The molecule has 0 saturated heterocycles. The van der Waals surface area contributed by atoms with Crippen LogP contribution in [0.4, 0.5) is 8.78 Å². The van der Waals surface area contributed by atoms with Gasteiger partial charge in [-0.1, -0.05) is 25.6 Å². The number of thiazole rings is 1. The number of aliphatic hydroxyl groups excluding tert-OH is 2. The van der Waals surface area contributed by atoms with Gasteiger partial charge in [0, 0.05) is 11.8 Å². The van der Waals surface area contributed by atoms with Crippen molar-refractivity contribution < 1.29 is 28.6 Å². The summed E-state index contributed by atoms with van der Waals surface area (Å²) in [4.78, 5) is 33.8. The standard InChI is InChI=1S/C26H26F2N4O3S2.C4H10O/c1-3-29-26(36-2)23(34)20(13-6-16-4-9-18(27)10-5-16)32-22(33)15-30-24(35)21-14-31-25(37-21)17-7-11-19(28)12-8-17;1-3-4(2)5/h3-5,7-12,14,20,23,34H,1,6,13,15H2,2H3,(H,30,35)(H,32,33);4-5H,3H2,1-2H3. The van der Waals surface area contributed by atoms with Crippen LogP contribution in [-0.2, 0) is 11.2 Å². The quantitative estimate of drug-likeness (QED) is 0.168. The average Bonchev–Trinajstić information content (AvgIpc) is 3.48. The van der Waals surface area contributed by atoms with Crippen molar-refractivity contribution in [2.45, 2.75) is 51.4 Å². The fourth-order valence-corrected chi connectivity index (χ4v) is 4.83. The number of carbonyl (C=O) groups is 2. The number of aromatic nitrogens is 1. The number of amides is 2. The topological polar surface area (TPSA) is 124 Å². The number of hydrogen-bond donors (Lipinski definition) is 4. The molecule has 0 spiro atoms. The van der Waals surface area contributed by atoms with Gasteiger partial charge in [-0.05, 0) is 74.4 Å². The zero-order valence-electron chi connectivity index (χ0n) is 23.7. The molecule has 3 unspecified atom stereocenters. The Morgan fingerprint density at radius 1 is 1.12 bits per heavy atom. The Bertz CT molecular complexity index is 1320. The van der Waals surface area contributed by atoms with Gasteiger partial charge in [0.25, 0.3) is 5.91 Å². The number of carbonyl (C=O) groups excluding carboxylic acids is 2. The van der Waals surface area contributed by atoms with Gasteiger partial charge in [-0.15, -0.1) is 23.1 Å². The molecule has 3 atom stereocenters. The summed E-state index contributed by atoms with van der Waals surface area (Å²) in [6.45, 7) is 6.96. The minimum atomic E-state index is -1.10. The van der Waals surface area contributed by atoms with E-state index < -0.39 is 24.0 Å². The van der Waals surface area contributed by atoms with Gasteiger partial charge in [0.2, 0.25) is 5.91 Å². The lowest BCUT2D eigenvalue weighted by molar-refractivity contribution is -0.121. The lowest BCUT2D eigenvalue weighted by Gasteiger charge is -2.25. The number of aryl methyl sites for hydroxylation is 1. The fraction of sp³-hybridized carbons (Fsp3) is 0.333. The van der Waals surface area contributed by atoms with Gasteiger partial charge in [0.05, 0.1) is 24.9 Å². The molecule has 2 aromatic carbocycles. The predicted molar refractivity (Wildman–Crippen MR) is 166 cm³/mol. The van der Waals surface area contributed by atoms with Crippen molar-refractivity contribution in [3.63, 3.8) is 0 Å². The molecule has 1 aromatic heterocycles. The Morgan fingerprint density at radius 2 is 1.71 bits per heavy atom. The van der Waals surface area contributed by atoms with Crippen LogP contribution in [0.5, 0.6) is 0 Å². The van der Waals surface area contributed by atoms with E-state index in [9.17, 15) is 23.5 Å². The molecule has 42 heavy (non-hydrogen) atoms. The highest BCUT2D eigenvalue weighted by Crippen LogP contribution is 2.25. The third-order valence-corrected chi connectivity index (χ3v) is 7.70. The monoisotopic (exact) mass is 618 g/mol. The smallest absolute Gasteiger partial charge is 0.263 e. The number of nitrogens with zero attached hydrogens (tertiary/aromatic N) is 2. The Labute approximate surface area is 253 Å². The first-order chi connectivity index (χ1) is 20.1. The van der Waals surface area contributed by atoms with Crippen LogP contribution in [0, 0.1) is 11.6 Å². The number of aliphatic imine (C=N–C) groups is 1. The number of nitrogens with one attached hydrogen (secondary N) is 2. The van der Waals surface area contributed by atoms with Gasteiger partial charge >= 0.3 is 0 Å². The third-order valence-electron chi connectivity index (χ3n) is 5.89. The van der Waals surface area contributed by atoms with Crippen molar-refractivity contribution >= 4 is 40.0 Å². The van der Waals surface area contributed by atoms with Gasteiger partial charge in [-0.2, -0.15) is 0 Å². The Morgan fingerprint density at radius 3 is 2.26 bits per heavy atom. The fourth-order valence-electron chi connectivity index (χ4n) is 3.40. The van der Waals surface area contributed by atoms with E-state index in [1.807, 2.05) is 6.92 Å². The van der Waals surface area contributed by atoms with E-state index in [1.54, 1.807) is 37.4 Å². The summed E-state index contributed by atoms with van der Waals surface area (Å²) in [6, 6.07) is 11.0. The summed E-state index contributed by atoms with van der Waals surface area (Å²) < 4.78 is 26.4. The number of aliphatic hydroxyl groups is 2. The molecule has 3 rings (SSSR count). The molecule has 0 bridgehead atoms. The zero-order valence-corrected chi connectivity index (χ0v) is 25.4. The van der Waals surface area contributed by atoms with Crippen molar-refractivity contribution in [3.05, 3.63) is 89.6 Å². The minimum Gasteiger partial charge on any atom is -0.393 e. The molecule has 12 heteroatoms. The second-order valence-corrected chi connectivity index (χ2v) is 11.0. The normalized spacial score (nSPS) is 13.3. The van der Waals surface area contributed by atoms with Crippen LogP contribution >= 0.6 is 23.1 Å². The molecule has 0 aliphatic heterocycles. The van der Waals surface area contributed by atoms with Gasteiger partial charge in [0.1, 0.15) is 32.7 Å². The van der Waals surface area contributed by atoms with Crippen molar-refractivity contribution in [2.75, 3.05) is 12.8 Å². The zero-order chi connectivity index (χ0) is 31.1. The van der Waals surface area contributed by atoms with Crippen LogP contribution in [0.2, 0.25) is 0 Å². The van der Waals surface area contributed by atoms with E-state index in [0.29, 0.717) is 33.3 Å². The third kappa shape index (κ3) is 11.8. The lowest BCUT2D eigenvalue weighted by atomic mass is 10.0. The van der Waals surface area contributed by atoms with Crippen LogP contribution in [0.3, 0.4) is 0 Å². The Hall–Kier alpha value is -3.45. The predicted octanol–water partition coefficient (Wildman–Crippen LogP) is 4.98. The van der Waals surface area contributed by atoms with Crippen LogP contribution in [-0.4, -0.2) is 63.1 Å². The van der Waals surface area contributed by atoms with Crippen molar-refractivity contribution in [3.8, 4) is 10.6 Å². The van der Waals surface area contributed by atoms with Gasteiger partial charge in [0.15, 0.2) is 0 Å². The second-order valence-electron chi connectivity index (χ2n) is 9.11. The molecule has 0 aliphatic rings. The van der Waals surface area contributed by atoms with Gasteiger partial charge in [-0.3, -0.25) is 14.6 Å². The van der Waals surface area contributed by atoms with Crippen LogP contribution in [0.25, 0.3) is 10.6 Å². The van der Waals surface area contributed by atoms with Crippen molar-refractivity contribution in [1.29, 1.82) is 0 Å². The summed E-state index contributed by atoms with van der Waals surface area (Å²) in [7, 11) is 0. The van der Waals surface area contributed by atoms with E-state index in [2.05, 4.69) is 27.2 Å². The highest BCUT2D eigenvalue weighted by molar-refractivity contribution is 8.13. The first-order valence-electron chi connectivity index (χ1n) is 13.2.